The Labute approximate surface area is 206 Å². The van der Waals surface area contributed by atoms with Crippen molar-refractivity contribution in [2.24, 2.45) is 5.73 Å². The van der Waals surface area contributed by atoms with Gasteiger partial charge in [-0.25, -0.2) is 0 Å². The maximum Gasteiger partial charge on any atom is 0.256 e. The predicted octanol–water partition coefficient (Wildman–Crippen LogP) is 5.18. The third kappa shape index (κ3) is 4.61. The number of benzene rings is 3. The van der Waals surface area contributed by atoms with E-state index in [4.69, 9.17) is 38.4 Å². The number of carbonyl (C=O) groups excluding carboxylic acids is 1. The van der Waals surface area contributed by atoms with Gasteiger partial charge in [-0.1, -0.05) is 29.3 Å². The minimum absolute atomic E-state index is 0.272. The van der Waals surface area contributed by atoms with Gasteiger partial charge in [-0.15, -0.1) is 0 Å². The van der Waals surface area contributed by atoms with Crippen LogP contribution in [-0.2, 0) is 0 Å². The van der Waals surface area contributed by atoms with Gasteiger partial charge in [0, 0.05) is 41.4 Å². The highest BCUT2D eigenvalue weighted by molar-refractivity contribution is 6.41. The quantitative estimate of drug-likeness (QED) is 0.265. The number of methoxy groups -OCH3 is 2. The van der Waals surface area contributed by atoms with Crippen LogP contribution in [0.25, 0.3) is 22.0 Å². The van der Waals surface area contributed by atoms with Crippen molar-refractivity contribution < 1.29 is 14.3 Å². The topological polar surface area (TPSA) is 114 Å². The number of nitrogens with zero attached hydrogens (tertiary/aromatic N) is 1. The normalized spacial score (nSPS) is 10.9. The van der Waals surface area contributed by atoms with E-state index in [1.54, 1.807) is 18.2 Å². The van der Waals surface area contributed by atoms with E-state index < -0.39 is 0 Å². The zero-order chi connectivity index (χ0) is 24.2. The molecular weight excluding hydrogens is 477 g/mol. The average Bonchev–Trinajstić information content (AvgIpc) is 3.25. The number of nitrogens with one attached hydrogen (secondary N) is 3. The third-order valence-electron chi connectivity index (χ3n) is 5.28. The summed E-state index contributed by atoms with van der Waals surface area (Å²) in [6.07, 6.45) is 0. The van der Waals surface area contributed by atoms with Gasteiger partial charge in [0.05, 0.1) is 29.8 Å². The van der Waals surface area contributed by atoms with Crippen molar-refractivity contribution in [2.45, 2.75) is 0 Å². The second kappa shape index (κ2) is 10.2. The molecule has 1 aromatic heterocycles. The minimum Gasteiger partial charge on any atom is -0.495 e. The second-order valence-corrected chi connectivity index (χ2v) is 8.12. The molecule has 0 saturated carbocycles. The first-order valence-electron chi connectivity index (χ1n) is 10.4. The Bertz CT molecular complexity index is 1310. The van der Waals surface area contributed by atoms with E-state index in [2.05, 4.69) is 20.8 Å². The van der Waals surface area contributed by atoms with Gasteiger partial charge >= 0.3 is 0 Å². The Hall–Kier alpha value is -3.46. The Balaban J connectivity index is 1.62. The van der Waals surface area contributed by atoms with Crippen LogP contribution in [0.15, 0.2) is 48.5 Å². The fourth-order valence-corrected chi connectivity index (χ4v) is 4.26. The first-order chi connectivity index (χ1) is 16.5. The third-order valence-corrected chi connectivity index (χ3v) is 6.03. The number of rotatable bonds is 8. The van der Waals surface area contributed by atoms with Gasteiger partial charge in [0.2, 0.25) is 0 Å². The molecule has 3 aromatic carbocycles. The highest BCUT2D eigenvalue weighted by Crippen LogP contribution is 2.46. The van der Waals surface area contributed by atoms with E-state index >= 15 is 0 Å². The molecule has 0 saturated heterocycles. The molecule has 0 aliphatic heterocycles. The summed E-state index contributed by atoms with van der Waals surface area (Å²) in [5.41, 5.74) is 8.91. The number of fused-ring (bicyclic) bond motifs is 1. The molecule has 0 unspecified atom stereocenters. The number of hydrogen-bond acceptors (Lipinski definition) is 6. The zero-order valence-electron chi connectivity index (χ0n) is 18.5. The van der Waals surface area contributed by atoms with Crippen LogP contribution in [0, 0.1) is 0 Å². The average molecular weight is 500 g/mol. The number of halogens is 2. The molecular formula is C24H23Cl2N5O3. The minimum atomic E-state index is -0.272. The van der Waals surface area contributed by atoms with Crippen LogP contribution in [-0.4, -0.2) is 43.4 Å². The van der Waals surface area contributed by atoms with Crippen LogP contribution < -0.4 is 25.8 Å². The molecule has 176 valence electrons. The molecule has 0 aliphatic rings. The van der Waals surface area contributed by atoms with Crippen molar-refractivity contribution in [2.75, 3.05) is 37.9 Å². The fourth-order valence-electron chi connectivity index (χ4n) is 3.55. The highest BCUT2D eigenvalue weighted by Gasteiger charge is 2.20. The first-order valence-corrected chi connectivity index (χ1v) is 11.2. The van der Waals surface area contributed by atoms with Gasteiger partial charge in [0.15, 0.2) is 5.82 Å². The fraction of sp³-hybridized carbons (Fsp3) is 0.167. The monoisotopic (exact) mass is 499 g/mol. The lowest BCUT2D eigenvalue weighted by atomic mass is 10.0. The number of hydrogen-bond donors (Lipinski definition) is 4. The molecule has 4 aromatic rings. The van der Waals surface area contributed by atoms with Crippen LogP contribution >= 0.6 is 23.2 Å². The van der Waals surface area contributed by atoms with E-state index in [1.165, 1.54) is 14.2 Å². The van der Waals surface area contributed by atoms with Crippen molar-refractivity contribution in [3.63, 3.8) is 0 Å². The molecule has 0 fully saturated rings. The SMILES string of the molecule is COc1cc(OC)c(Cl)c(-c2ccc3c(NC(=O)c4ccc(NCCN)cc4)n[nH]c3c2)c1Cl. The Morgan fingerprint density at radius 2 is 1.71 bits per heavy atom. The molecule has 34 heavy (non-hydrogen) atoms. The Morgan fingerprint density at radius 1 is 1.03 bits per heavy atom. The van der Waals surface area contributed by atoms with E-state index in [1.807, 2.05) is 30.3 Å². The van der Waals surface area contributed by atoms with Gasteiger partial charge in [0.1, 0.15) is 11.5 Å². The summed E-state index contributed by atoms with van der Waals surface area (Å²) >= 11 is 13.1. The molecule has 0 bridgehead atoms. The lowest BCUT2D eigenvalue weighted by Gasteiger charge is -2.14. The molecule has 5 N–H and O–H groups in total. The number of aromatic amines is 1. The van der Waals surface area contributed by atoms with E-state index in [-0.39, 0.29) is 5.91 Å². The summed E-state index contributed by atoms with van der Waals surface area (Å²) in [5.74, 6) is 1.03. The van der Waals surface area contributed by atoms with Crippen LogP contribution in [0.1, 0.15) is 10.4 Å². The van der Waals surface area contributed by atoms with Crippen molar-refractivity contribution >= 4 is 51.5 Å². The maximum atomic E-state index is 12.7. The van der Waals surface area contributed by atoms with Gasteiger partial charge in [-0.05, 0) is 42.0 Å². The Morgan fingerprint density at radius 3 is 2.32 bits per heavy atom. The lowest BCUT2D eigenvalue weighted by molar-refractivity contribution is 0.102. The standard InChI is InChI=1S/C24H23Cl2N5O3/c1-33-18-12-19(34-2)22(26)20(21(18)25)14-5-8-16-17(11-14)30-31-23(16)29-24(32)13-3-6-15(7-4-13)28-10-9-27/h3-8,11-12,28H,9-10,27H2,1-2H3,(H2,29,30,31,32). The maximum absolute atomic E-state index is 12.7. The molecule has 8 nitrogen and oxygen atoms in total. The van der Waals surface area contributed by atoms with Crippen LogP contribution in [0.3, 0.4) is 0 Å². The smallest absolute Gasteiger partial charge is 0.256 e. The number of amides is 1. The van der Waals surface area contributed by atoms with E-state index in [9.17, 15) is 4.79 Å². The molecule has 0 radical (unpaired) electrons. The number of nitrogens with two attached hydrogens (primary N) is 1. The molecule has 10 heteroatoms. The van der Waals surface area contributed by atoms with Crippen molar-refractivity contribution in [1.82, 2.24) is 10.2 Å². The molecule has 1 heterocycles. The summed E-state index contributed by atoms with van der Waals surface area (Å²) < 4.78 is 10.7. The molecule has 0 spiro atoms. The Kier molecular flexibility index (Phi) is 7.12. The summed E-state index contributed by atoms with van der Waals surface area (Å²) in [5, 5.41) is 14.7. The zero-order valence-corrected chi connectivity index (χ0v) is 20.1. The number of anilines is 2. The van der Waals surface area contributed by atoms with Crippen LogP contribution in [0.4, 0.5) is 11.5 Å². The largest absolute Gasteiger partial charge is 0.495 e. The molecule has 0 atom stereocenters. The molecule has 4 rings (SSSR count). The van der Waals surface area contributed by atoms with Crippen LogP contribution in [0.5, 0.6) is 11.5 Å². The van der Waals surface area contributed by atoms with Gasteiger partial charge in [-0.3, -0.25) is 9.89 Å². The number of ether oxygens (including phenoxy) is 2. The summed E-state index contributed by atoms with van der Waals surface area (Å²) in [7, 11) is 3.05. The summed E-state index contributed by atoms with van der Waals surface area (Å²) in [4.78, 5) is 12.7. The van der Waals surface area contributed by atoms with Gasteiger partial charge in [0.25, 0.3) is 5.91 Å². The first kappa shape index (κ1) is 23.7. The van der Waals surface area contributed by atoms with Crippen molar-refractivity contribution in [3.05, 3.63) is 64.1 Å². The van der Waals surface area contributed by atoms with Crippen molar-refractivity contribution in [3.8, 4) is 22.6 Å². The van der Waals surface area contributed by atoms with Crippen molar-refractivity contribution in [1.29, 1.82) is 0 Å². The molecule has 1 amide bonds. The summed E-state index contributed by atoms with van der Waals surface area (Å²) in [6, 6.07) is 14.3. The predicted molar refractivity (Wildman–Crippen MR) is 137 cm³/mol. The number of aromatic nitrogens is 2. The van der Waals surface area contributed by atoms with Gasteiger partial charge < -0.3 is 25.8 Å². The van der Waals surface area contributed by atoms with Crippen LogP contribution in [0.2, 0.25) is 10.0 Å². The second-order valence-electron chi connectivity index (χ2n) is 7.36. The highest BCUT2D eigenvalue weighted by atomic mass is 35.5. The molecule has 0 aliphatic carbocycles. The summed E-state index contributed by atoms with van der Waals surface area (Å²) in [6.45, 7) is 1.19. The van der Waals surface area contributed by atoms with E-state index in [0.717, 1.165) is 16.6 Å². The number of carbonyl (C=O) groups is 1. The van der Waals surface area contributed by atoms with E-state index in [0.29, 0.717) is 57.1 Å². The number of H-pyrrole nitrogens is 1. The van der Waals surface area contributed by atoms with Gasteiger partial charge in [-0.2, -0.15) is 5.10 Å². The lowest BCUT2D eigenvalue weighted by Crippen LogP contribution is -2.14.